The summed E-state index contributed by atoms with van der Waals surface area (Å²) in [6.07, 6.45) is 0.524. The van der Waals surface area contributed by atoms with Crippen molar-refractivity contribution in [1.82, 2.24) is 4.90 Å². The highest BCUT2D eigenvalue weighted by molar-refractivity contribution is 5.89. The van der Waals surface area contributed by atoms with E-state index in [1.807, 2.05) is 24.3 Å². The van der Waals surface area contributed by atoms with Gasteiger partial charge in [0.2, 0.25) is 5.91 Å². The predicted octanol–water partition coefficient (Wildman–Crippen LogP) is 1.52. The van der Waals surface area contributed by atoms with Gasteiger partial charge >= 0.3 is 5.97 Å². The molecular weight excluding hydrogens is 256 g/mol. The Hall–Kier alpha value is -2.04. The van der Waals surface area contributed by atoms with Crippen molar-refractivity contribution in [1.29, 1.82) is 0 Å². The molecule has 1 aromatic rings. The summed E-state index contributed by atoms with van der Waals surface area (Å²) in [6.45, 7) is 3.14. The molecule has 0 aromatic heterocycles. The van der Waals surface area contributed by atoms with Crippen LogP contribution in [0.5, 0.6) is 0 Å². The van der Waals surface area contributed by atoms with Gasteiger partial charge in [0.25, 0.3) is 0 Å². The molecule has 2 aliphatic heterocycles. The van der Waals surface area contributed by atoms with E-state index in [-0.39, 0.29) is 11.8 Å². The molecule has 0 radical (unpaired) electrons. The van der Waals surface area contributed by atoms with Crippen LogP contribution in [0.2, 0.25) is 0 Å². The van der Waals surface area contributed by atoms with E-state index in [0.717, 1.165) is 11.3 Å². The smallest absolute Gasteiger partial charge is 0.311 e. The first-order valence-electron chi connectivity index (χ1n) is 6.86. The quantitative estimate of drug-likeness (QED) is 0.858. The topological polar surface area (TPSA) is 69.6 Å². The summed E-state index contributed by atoms with van der Waals surface area (Å²) in [5, 5.41) is 12.5. The Morgan fingerprint density at radius 3 is 2.85 bits per heavy atom. The lowest BCUT2D eigenvalue weighted by atomic mass is 9.90. The number of rotatable bonds is 2. The van der Waals surface area contributed by atoms with Gasteiger partial charge in [0.15, 0.2) is 0 Å². The van der Waals surface area contributed by atoms with Gasteiger partial charge < -0.3 is 15.3 Å². The van der Waals surface area contributed by atoms with Crippen LogP contribution >= 0.6 is 0 Å². The van der Waals surface area contributed by atoms with E-state index in [0.29, 0.717) is 26.1 Å². The number of carbonyl (C=O) groups excluding carboxylic acids is 1. The second-order valence-corrected chi connectivity index (χ2v) is 5.90. The summed E-state index contributed by atoms with van der Waals surface area (Å²) in [7, 11) is 0. The van der Waals surface area contributed by atoms with E-state index in [2.05, 4.69) is 5.32 Å². The molecule has 0 aliphatic carbocycles. The highest BCUT2D eigenvalue weighted by Gasteiger charge is 2.44. The van der Waals surface area contributed by atoms with Crippen molar-refractivity contribution < 1.29 is 14.7 Å². The monoisotopic (exact) mass is 274 g/mol. The summed E-state index contributed by atoms with van der Waals surface area (Å²) in [5.41, 5.74) is 1.22. The van der Waals surface area contributed by atoms with Crippen LogP contribution in [0.25, 0.3) is 0 Å². The number of hydrogen-bond donors (Lipinski definition) is 2. The minimum atomic E-state index is -0.822. The average Bonchev–Trinajstić information content (AvgIpc) is 3.03. The van der Waals surface area contributed by atoms with Crippen LogP contribution in [-0.2, 0) is 9.59 Å². The minimum absolute atomic E-state index is 0.0347. The second-order valence-electron chi connectivity index (χ2n) is 5.90. The SMILES string of the molecule is CC1(C(=O)O)CCN(C(=O)C2CNc3ccccc32)C1. The van der Waals surface area contributed by atoms with Gasteiger partial charge in [0.1, 0.15) is 0 Å². The van der Waals surface area contributed by atoms with E-state index >= 15 is 0 Å². The third kappa shape index (κ3) is 1.94. The number of nitrogens with zero attached hydrogens (tertiary/aromatic N) is 1. The number of aliphatic carboxylic acids is 1. The van der Waals surface area contributed by atoms with Crippen LogP contribution in [0.3, 0.4) is 0 Å². The summed E-state index contributed by atoms with van der Waals surface area (Å²) < 4.78 is 0. The number of amides is 1. The van der Waals surface area contributed by atoms with Gasteiger partial charge in [-0.05, 0) is 25.0 Å². The van der Waals surface area contributed by atoms with Crippen LogP contribution in [-0.4, -0.2) is 41.5 Å². The van der Waals surface area contributed by atoms with Crippen molar-refractivity contribution in [3.05, 3.63) is 29.8 Å². The van der Waals surface area contributed by atoms with Crippen molar-refractivity contribution in [2.75, 3.05) is 25.0 Å². The van der Waals surface area contributed by atoms with Gasteiger partial charge in [-0.15, -0.1) is 0 Å². The molecular formula is C15H18N2O3. The maximum atomic E-state index is 12.6. The van der Waals surface area contributed by atoms with Crippen LogP contribution in [0.15, 0.2) is 24.3 Å². The lowest BCUT2D eigenvalue weighted by Gasteiger charge is -2.23. The molecule has 2 heterocycles. The summed E-state index contributed by atoms with van der Waals surface area (Å²) in [6, 6.07) is 7.80. The van der Waals surface area contributed by atoms with Gasteiger partial charge in [-0.25, -0.2) is 0 Å². The molecule has 20 heavy (non-hydrogen) atoms. The summed E-state index contributed by atoms with van der Waals surface area (Å²) in [5.74, 6) is -0.979. The number of para-hydroxylation sites is 1. The van der Waals surface area contributed by atoms with E-state index in [1.165, 1.54) is 0 Å². The number of nitrogens with one attached hydrogen (secondary N) is 1. The lowest BCUT2D eigenvalue weighted by molar-refractivity contribution is -0.147. The zero-order valence-corrected chi connectivity index (χ0v) is 11.4. The Bertz CT molecular complexity index is 572. The maximum absolute atomic E-state index is 12.6. The first-order valence-corrected chi connectivity index (χ1v) is 6.86. The second kappa shape index (κ2) is 4.51. The van der Waals surface area contributed by atoms with Crippen molar-refractivity contribution in [2.24, 2.45) is 5.41 Å². The van der Waals surface area contributed by atoms with E-state index in [1.54, 1.807) is 11.8 Å². The number of carboxylic acid groups (broad SMARTS) is 1. The number of carboxylic acids is 1. The summed E-state index contributed by atoms with van der Waals surface area (Å²) in [4.78, 5) is 25.6. The van der Waals surface area contributed by atoms with Crippen molar-refractivity contribution in [3.8, 4) is 0 Å². The van der Waals surface area contributed by atoms with Gasteiger partial charge in [-0.1, -0.05) is 18.2 Å². The minimum Gasteiger partial charge on any atom is -0.481 e. The number of hydrogen-bond acceptors (Lipinski definition) is 3. The normalized spacial score (nSPS) is 28.1. The van der Waals surface area contributed by atoms with Gasteiger partial charge in [0, 0.05) is 25.3 Å². The predicted molar refractivity (Wildman–Crippen MR) is 74.6 cm³/mol. The van der Waals surface area contributed by atoms with E-state index in [9.17, 15) is 14.7 Å². The fourth-order valence-electron chi connectivity index (χ4n) is 3.05. The zero-order chi connectivity index (χ0) is 14.3. The molecule has 2 aliphatic rings. The van der Waals surface area contributed by atoms with Crippen molar-refractivity contribution in [3.63, 3.8) is 0 Å². The molecule has 5 nitrogen and oxygen atoms in total. The highest BCUT2D eigenvalue weighted by atomic mass is 16.4. The fourth-order valence-corrected chi connectivity index (χ4v) is 3.05. The van der Waals surface area contributed by atoms with Gasteiger partial charge in [-0.3, -0.25) is 9.59 Å². The summed E-state index contributed by atoms with van der Waals surface area (Å²) >= 11 is 0. The molecule has 5 heteroatoms. The first-order chi connectivity index (χ1) is 9.51. The van der Waals surface area contributed by atoms with Crippen LogP contribution in [0, 0.1) is 5.41 Å². The third-order valence-electron chi connectivity index (χ3n) is 4.43. The van der Waals surface area contributed by atoms with Crippen molar-refractivity contribution in [2.45, 2.75) is 19.3 Å². The van der Waals surface area contributed by atoms with Gasteiger partial charge in [0.05, 0.1) is 11.3 Å². The van der Waals surface area contributed by atoms with Crippen LogP contribution in [0.1, 0.15) is 24.8 Å². The molecule has 1 aromatic carbocycles. The number of carbonyl (C=O) groups is 2. The largest absolute Gasteiger partial charge is 0.481 e. The molecule has 2 atom stereocenters. The Balaban J connectivity index is 1.77. The van der Waals surface area contributed by atoms with Crippen LogP contribution < -0.4 is 5.32 Å². The first kappa shape index (κ1) is 13.0. The van der Waals surface area contributed by atoms with E-state index < -0.39 is 11.4 Å². The number of anilines is 1. The molecule has 3 rings (SSSR count). The van der Waals surface area contributed by atoms with Crippen LogP contribution in [0.4, 0.5) is 5.69 Å². The molecule has 2 N–H and O–H groups in total. The fraction of sp³-hybridized carbons (Fsp3) is 0.467. The Labute approximate surface area is 117 Å². The molecule has 0 spiro atoms. The number of likely N-dealkylation sites (tertiary alicyclic amines) is 1. The van der Waals surface area contributed by atoms with Crippen molar-refractivity contribution >= 4 is 17.6 Å². The third-order valence-corrected chi connectivity index (χ3v) is 4.43. The molecule has 0 saturated carbocycles. The average molecular weight is 274 g/mol. The standard InChI is InChI=1S/C15H18N2O3/c1-15(14(19)20)6-7-17(9-15)13(18)11-8-16-12-5-3-2-4-10(11)12/h2-5,11,16H,6-9H2,1H3,(H,19,20). The van der Waals surface area contributed by atoms with E-state index in [4.69, 9.17) is 0 Å². The Morgan fingerprint density at radius 1 is 1.40 bits per heavy atom. The molecule has 1 amide bonds. The number of benzene rings is 1. The molecule has 0 bridgehead atoms. The zero-order valence-electron chi connectivity index (χ0n) is 11.4. The van der Waals surface area contributed by atoms with Gasteiger partial charge in [-0.2, -0.15) is 0 Å². The molecule has 2 unspecified atom stereocenters. The lowest BCUT2D eigenvalue weighted by Crippen LogP contribution is -2.37. The maximum Gasteiger partial charge on any atom is 0.311 e. The number of fused-ring (bicyclic) bond motifs is 1. The Kier molecular flexibility index (Phi) is 2.92. The molecule has 1 saturated heterocycles. The highest BCUT2D eigenvalue weighted by Crippen LogP contribution is 2.36. The molecule has 1 fully saturated rings. The Morgan fingerprint density at radius 2 is 2.15 bits per heavy atom. The molecule has 106 valence electrons.